The van der Waals surface area contributed by atoms with Gasteiger partial charge in [-0.05, 0) is 11.5 Å². The fourth-order valence-electron chi connectivity index (χ4n) is 1.46. The number of amides is 1. The van der Waals surface area contributed by atoms with Crippen molar-refractivity contribution in [2.24, 2.45) is 11.1 Å². The van der Waals surface area contributed by atoms with Crippen LogP contribution in [0.1, 0.15) is 19.4 Å². The predicted molar refractivity (Wildman–Crippen MR) is 73.5 cm³/mol. The van der Waals surface area contributed by atoms with Gasteiger partial charge in [-0.3, -0.25) is 0 Å². The van der Waals surface area contributed by atoms with Crippen molar-refractivity contribution in [1.29, 1.82) is 0 Å². The number of alkyl carbamates (subject to hydrolysis) is 1. The molecule has 6 heteroatoms. The average Bonchev–Trinajstić information content (AvgIpc) is 2.42. The van der Waals surface area contributed by atoms with Crippen molar-refractivity contribution >= 4 is 22.9 Å². The minimum atomic E-state index is -0.607. The van der Waals surface area contributed by atoms with Crippen molar-refractivity contribution in [3.8, 4) is 0 Å². The quantitative estimate of drug-likeness (QED) is 0.496. The molecule has 5 nitrogen and oxygen atoms in total. The Morgan fingerprint density at radius 3 is 2.58 bits per heavy atom. The van der Waals surface area contributed by atoms with Crippen LogP contribution in [-0.4, -0.2) is 22.5 Å². The van der Waals surface area contributed by atoms with Crippen LogP contribution < -0.4 is 5.32 Å². The number of ether oxygens (including phenoxy) is 1. The van der Waals surface area contributed by atoms with E-state index in [1.54, 1.807) is 0 Å². The van der Waals surface area contributed by atoms with Gasteiger partial charge in [0.25, 0.3) is 0 Å². The topological polar surface area (TPSA) is 70.9 Å². The first-order valence-corrected chi connectivity index (χ1v) is 6.27. The Morgan fingerprint density at radius 1 is 1.42 bits per heavy atom. The van der Waals surface area contributed by atoms with Gasteiger partial charge in [0.15, 0.2) is 5.17 Å². The van der Waals surface area contributed by atoms with E-state index in [4.69, 9.17) is 21.5 Å². The summed E-state index contributed by atoms with van der Waals surface area (Å²) in [7, 11) is 0. The number of rotatable bonds is 5. The molecular formula is C13H17ClN2O3. The van der Waals surface area contributed by atoms with E-state index in [2.05, 4.69) is 10.5 Å². The summed E-state index contributed by atoms with van der Waals surface area (Å²) in [6, 6.07) is 8.75. The summed E-state index contributed by atoms with van der Waals surface area (Å²) in [5.74, 6) is -0.0207. The maximum Gasteiger partial charge on any atom is 0.408 e. The van der Waals surface area contributed by atoms with Crippen LogP contribution in [0, 0.1) is 5.92 Å². The van der Waals surface area contributed by atoms with Crippen LogP contribution in [0.15, 0.2) is 35.5 Å². The van der Waals surface area contributed by atoms with Gasteiger partial charge in [0.1, 0.15) is 6.61 Å². The summed E-state index contributed by atoms with van der Waals surface area (Å²) < 4.78 is 5.06. The molecule has 104 valence electrons. The Morgan fingerprint density at radius 2 is 2.05 bits per heavy atom. The maximum atomic E-state index is 11.6. The van der Waals surface area contributed by atoms with Gasteiger partial charge in [0.2, 0.25) is 0 Å². The molecule has 0 unspecified atom stereocenters. The van der Waals surface area contributed by atoms with E-state index in [9.17, 15) is 4.79 Å². The lowest BCUT2D eigenvalue weighted by molar-refractivity contribution is 0.136. The molecule has 1 aromatic carbocycles. The number of carbonyl (C=O) groups is 1. The van der Waals surface area contributed by atoms with Gasteiger partial charge < -0.3 is 15.3 Å². The van der Waals surface area contributed by atoms with Crippen LogP contribution in [0.2, 0.25) is 0 Å². The number of benzene rings is 1. The maximum absolute atomic E-state index is 11.6. The van der Waals surface area contributed by atoms with Gasteiger partial charge in [0.05, 0.1) is 6.04 Å². The zero-order valence-corrected chi connectivity index (χ0v) is 11.6. The summed E-state index contributed by atoms with van der Waals surface area (Å²) in [6.45, 7) is 3.86. The van der Waals surface area contributed by atoms with Crippen LogP contribution in [0.3, 0.4) is 0 Å². The normalized spacial score (nSPS) is 13.2. The molecule has 1 aromatic rings. The molecule has 0 aliphatic heterocycles. The highest BCUT2D eigenvalue weighted by Crippen LogP contribution is 2.08. The summed E-state index contributed by atoms with van der Waals surface area (Å²) in [6.07, 6.45) is -0.607. The number of carbonyl (C=O) groups excluding carboxylic acids is 1. The van der Waals surface area contributed by atoms with Gasteiger partial charge >= 0.3 is 6.09 Å². The van der Waals surface area contributed by atoms with Crippen molar-refractivity contribution in [2.45, 2.75) is 26.5 Å². The third-order valence-electron chi connectivity index (χ3n) is 2.50. The fourth-order valence-corrected chi connectivity index (χ4v) is 1.76. The highest BCUT2D eigenvalue weighted by atomic mass is 35.5. The Bertz CT molecular complexity index is 435. The molecule has 1 amide bonds. The molecule has 0 spiro atoms. The van der Waals surface area contributed by atoms with Gasteiger partial charge in [-0.15, -0.1) is 0 Å². The zero-order valence-electron chi connectivity index (χ0n) is 10.8. The second kappa shape index (κ2) is 7.63. The van der Waals surface area contributed by atoms with E-state index in [0.29, 0.717) is 0 Å². The number of nitrogens with zero attached hydrogens (tertiary/aromatic N) is 1. The summed E-state index contributed by atoms with van der Waals surface area (Å²) in [5, 5.41) is 14.0. The fraction of sp³-hybridized carbons (Fsp3) is 0.385. The number of halogens is 1. The van der Waals surface area contributed by atoms with E-state index in [1.165, 1.54) is 0 Å². The molecule has 2 N–H and O–H groups in total. The van der Waals surface area contributed by atoms with E-state index in [1.807, 2.05) is 44.2 Å². The lowest BCUT2D eigenvalue weighted by Gasteiger charge is -2.19. The van der Waals surface area contributed by atoms with Crippen molar-refractivity contribution in [1.82, 2.24) is 5.32 Å². The Kier molecular flexibility index (Phi) is 6.15. The van der Waals surface area contributed by atoms with Gasteiger partial charge in [-0.1, -0.05) is 60.9 Å². The molecule has 1 atom stereocenters. The number of nitrogens with one attached hydrogen (secondary N) is 1. The number of hydrogen-bond donors (Lipinski definition) is 2. The Balaban J connectivity index is 2.50. The van der Waals surface area contributed by atoms with Crippen molar-refractivity contribution in [3.05, 3.63) is 35.9 Å². The van der Waals surface area contributed by atoms with Crippen molar-refractivity contribution < 1.29 is 14.7 Å². The zero-order chi connectivity index (χ0) is 14.3. The molecule has 0 bridgehead atoms. The summed E-state index contributed by atoms with van der Waals surface area (Å²) in [4.78, 5) is 11.6. The standard InChI is InChI=1S/C13H17ClN2O3/c1-9(2)11(12(14)16-18)15-13(17)19-8-10-6-4-3-5-7-10/h3-7,9,11,18H,8H2,1-2H3,(H,15,17)/t11-/m0/s1. The number of hydrogen-bond acceptors (Lipinski definition) is 4. The Labute approximate surface area is 117 Å². The van der Waals surface area contributed by atoms with Crippen molar-refractivity contribution in [2.75, 3.05) is 0 Å². The first-order valence-electron chi connectivity index (χ1n) is 5.89. The molecule has 0 fully saturated rings. The molecule has 0 aliphatic rings. The van der Waals surface area contributed by atoms with Crippen LogP contribution in [0.4, 0.5) is 4.79 Å². The second-order valence-electron chi connectivity index (χ2n) is 4.35. The largest absolute Gasteiger partial charge is 0.445 e. The minimum absolute atomic E-state index is 0.0207. The molecule has 19 heavy (non-hydrogen) atoms. The minimum Gasteiger partial charge on any atom is -0.445 e. The molecule has 0 aliphatic carbocycles. The predicted octanol–water partition coefficient (Wildman–Crippen LogP) is 2.96. The van der Waals surface area contributed by atoms with E-state index < -0.39 is 12.1 Å². The van der Waals surface area contributed by atoms with Crippen LogP contribution in [-0.2, 0) is 11.3 Å². The lowest BCUT2D eigenvalue weighted by atomic mass is 10.1. The smallest absolute Gasteiger partial charge is 0.408 e. The van der Waals surface area contributed by atoms with E-state index in [-0.39, 0.29) is 17.7 Å². The highest BCUT2D eigenvalue weighted by molar-refractivity contribution is 6.66. The van der Waals surface area contributed by atoms with Gasteiger partial charge in [-0.2, -0.15) is 0 Å². The molecular weight excluding hydrogens is 268 g/mol. The lowest BCUT2D eigenvalue weighted by Crippen LogP contribution is -2.42. The van der Waals surface area contributed by atoms with Gasteiger partial charge in [0, 0.05) is 0 Å². The monoisotopic (exact) mass is 284 g/mol. The summed E-state index contributed by atoms with van der Waals surface area (Å²) >= 11 is 5.72. The molecule has 1 rings (SSSR count). The van der Waals surface area contributed by atoms with Crippen LogP contribution >= 0.6 is 11.6 Å². The third kappa shape index (κ3) is 5.18. The average molecular weight is 285 g/mol. The van der Waals surface area contributed by atoms with Crippen LogP contribution in [0.5, 0.6) is 0 Å². The summed E-state index contributed by atoms with van der Waals surface area (Å²) in [5.41, 5.74) is 0.890. The second-order valence-corrected chi connectivity index (χ2v) is 4.74. The Hall–Kier alpha value is -1.75. The third-order valence-corrected chi connectivity index (χ3v) is 2.82. The van der Waals surface area contributed by atoms with E-state index in [0.717, 1.165) is 5.56 Å². The SMILES string of the molecule is CC(C)[C@H](NC(=O)OCc1ccccc1)C(Cl)=NO. The first-order chi connectivity index (χ1) is 9.04. The van der Waals surface area contributed by atoms with E-state index >= 15 is 0 Å². The van der Waals surface area contributed by atoms with Crippen LogP contribution in [0.25, 0.3) is 0 Å². The first kappa shape index (κ1) is 15.3. The molecule has 0 aromatic heterocycles. The van der Waals surface area contributed by atoms with Gasteiger partial charge in [-0.25, -0.2) is 4.79 Å². The molecule has 0 saturated heterocycles. The number of oxime groups is 1. The molecule has 0 heterocycles. The molecule has 0 saturated carbocycles. The molecule has 0 radical (unpaired) electrons. The van der Waals surface area contributed by atoms with Crippen molar-refractivity contribution in [3.63, 3.8) is 0 Å². The highest BCUT2D eigenvalue weighted by Gasteiger charge is 2.22.